The zero-order valence-electron chi connectivity index (χ0n) is 6.99. The van der Waals surface area contributed by atoms with Gasteiger partial charge in [-0.3, -0.25) is 9.97 Å². The molecular formula is C10H10N2. The van der Waals surface area contributed by atoms with Crippen LogP contribution in [0.15, 0.2) is 30.6 Å². The molecule has 2 heteroatoms. The second-order valence-corrected chi connectivity index (χ2v) is 2.74. The van der Waals surface area contributed by atoms with Crippen LogP contribution in [0.5, 0.6) is 0 Å². The highest BCUT2D eigenvalue weighted by molar-refractivity contribution is 5.73. The van der Waals surface area contributed by atoms with E-state index in [0.29, 0.717) is 0 Å². The third-order valence-corrected chi connectivity index (χ3v) is 1.92. The third kappa shape index (κ3) is 1.16. The first-order valence-corrected chi connectivity index (χ1v) is 4.10. The summed E-state index contributed by atoms with van der Waals surface area (Å²) in [5.74, 6) is 0. The van der Waals surface area contributed by atoms with Crippen molar-refractivity contribution in [3.63, 3.8) is 0 Å². The van der Waals surface area contributed by atoms with Gasteiger partial charge in [-0.25, -0.2) is 0 Å². The van der Waals surface area contributed by atoms with Crippen molar-refractivity contribution in [2.75, 3.05) is 0 Å². The molecule has 0 aromatic carbocycles. The normalized spacial score (nSPS) is 10.4. The Kier molecular flexibility index (Phi) is 1.74. The predicted octanol–water partition coefficient (Wildman–Crippen LogP) is 2.19. The highest BCUT2D eigenvalue weighted by Crippen LogP contribution is 2.09. The molecule has 2 aromatic heterocycles. The largest absolute Gasteiger partial charge is 0.255 e. The Hall–Kier alpha value is -1.44. The van der Waals surface area contributed by atoms with Crippen molar-refractivity contribution in [1.29, 1.82) is 0 Å². The molecule has 0 saturated heterocycles. The van der Waals surface area contributed by atoms with E-state index in [0.717, 1.165) is 17.5 Å². The number of hydrogen-bond donors (Lipinski definition) is 0. The second-order valence-electron chi connectivity index (χ2n) is 2.74. The van der Waals surface area contributed by atoms with E-state index in [1.165, 1.54) is 5.56 Å². The molecule has 0 aliphatic heterocycles. The van der Waals surface area contributed by atoms with E-state index < -0.39 is 0 Å². The van der Waals surface area contributed by atoms with Crippen LogP contribution in [-0.4, -0.2) is 9.97 Å². The smallest absolute Gasteiger partial charge is 0.0889 e. The van der Waals surface area contributed by atoms with E-state index in [2.05, 4.69) is 23.0 Å². The number of aryl methyl sites for hydroxylation is 1. The van der Waals surface area contributed by atoms with Gasteiger partial charge in [0.1, 0.15) is 0 Å². The Labute approximate surface area is 71.3 Å². The molecule has 0 radical (unpaired) electrons. The fraction of sp³-hybridized carbons (Fsp3) is 0.200. The van der Waals surface area contributed by atoms with Crippen molar-refractivity contribution < 1.29 is 0 Å². The fourth-order valence-corrected chi connectivity index (χ4v) is 1.19. The van der Waals surface area contributed by atoms with Crippen molar-refractivity contribution in [1.82, 2.24) is 9.97 Å². The van der Waals surface area contributed by atoms with Crippen LogP contribution in [0.25, 0.3) is 11.0 Å². The van der Waals surface area contributed by atoms with Crippen LogP contribution in [0.3, 0.4) is 0 Å². The molecule has 2 heterocycles. The Bertz CT molecular complexity index is 396. The van der Waals surface area contributed by atoms with Crippen LogP contribution in [-0.2, 0) is 6.42 Å². The lowest BCUT2D eigenvalue weighted by molar-refractivity contribution is 1.11. The molecule has 0 bridgehead atoms. The van der Waals surface area contributed by atoms with Crippen molar-refractivity contribution in [3.05, 3.63) is 36.2 Å². The lowest BCUT2D eigenvalue weighted by atomic mass is 10.2. The van der Waals surface area contributed by atoms with E-state index in [-0.39, 0.29) is 0 Å². The summed E-state index contributed by atoms with van der Waals surface area (Å²) in [6.07, 6.45) is 4.72. The Morgan fingerprint density at radius 3 is 3.00 bits per heavy atom. The minimum atomic E-state index is 0.967. The van der Waals surface area contributed by atoms with Crippen LogP contribution in [0, 0.1) is 0 Å². The van der Waals surface area contributed by atoms with Gasteiger partial charge in [-0.2, -0.15) is 0 Å². The lowest BCUT2D eigenvalue weighted by Gasteiger charge is -1.97. The maximum absolute atomic E-state index is 4.29. The summed E-state index contributed by atoms with van der Waals surface area (Å²) >= 11 is 0. The molecule has 2 aromatic rings. The van der Waals surface area contributed by atoms with Gasteiger partial charge in [-0.15, -0.1) is 0 Å². The summed E-state index contributed by atoms with van der Waals surface area (Å²) in [7, 11) is 0. The number of rotatable bonds is 1. The standard InChI is InChI=1S/C10H10N2/c1-2-8-6-10-9(12-7-8)4-3-5-11-10/h3-7H,2H2,1H3. The van der Waals surface area contributed by atoms with Gasteiger partial charge in [0, 0.05) is 12.4 Å². The van der Waals surface area contributed by atoms with Crippen LogP contribution >= 0.6 is 0 Å². The average molecular weight is 158 g/mol. The first-order chi connectivity index (χ1) is 5.90. The SMILES string of the molecule is CCc1cnc2cccnc2c1. The highest BCUT2D eigenvalue weighted by atomic mass is 14.7. The second kappa shape index (κ2) is 2.89. The molecule has 0 aliphatic carbocycles. The molecule has 0 amide bonds. The van der Waals surface area contributed by atoms with Crippen LogP contribution in [0.4, 0.5) is 0 Å². The minimum Gasteiger partial charge on any atom is -0.255 e. The summed E-state index contributed by atoms with van der Waals surface area (Å²) < 4.78 is 0. The van der Waals surface area contributed by atoms with Crippen molar-refractivity contribution in [3.8, 4) is 0 Å². The van der Waals surface area contributed by atoms with Crippen LogP contribution in [0.2, 0.25) is 0 Å². The summed E-state index contributed by atoms with van der Waals surface area (Å²) in [6.45, 7) is 2.12. The van der Waals surface area contributed by atoms with Gasteiger partial charge >= 0.3 is 0 Å². The number of aromatic nitrogens is 2. The maximum Gasteiger partial charge on any atom is 0.0889 e. The number of pyridine rings is 2. The molecule has 12 heavy (non-hydrogen) atoms. The highest BCUT2D eigenvalue weighted by Gasteiger charge is 1.94. The molecule has 2 nitrogen and oxygen atoms in total. The van der Waals surface area contributed by atoms with Crippen molar-refractivity contribution in [2.45, 2.75) is 13.3 Å². The molecule has 0 fully saturated rings. The minimum absolute atomic E-state index is 0.967. The first-order valence-electron chi connectivity index (χ1n) is 4.10. The average Bonchev–Trinajstić information content (AvgIpc) is 2.17. The summed E-state index contributed by atoms with van der Waals surface area (Å²) in [5.41, 5.74) is 3.19. The molecule has 0 saturated carbocycles. The Morgan fingerprint density at radius 2 is 2.17 bits per heavy atom. The van der Waals surface area contributed by atoms with E-state index >= 15 is 0 Å². The molecule has 0 aliphatic rings. The quantitative estimate of drug-likeness (QED) is 0.635. The summed E-state index contributed by atoms with van der Waals surface area (Å²) in [4.78, 5) is 8.52. The maximum atomic E-state index is 4.29. The van der Waals surface area contributed by atoms with E-state index in [1.54, 1.807) is 6.20 Å². The van der Waals surface area contributed by atoms with Gasteiger partial charge in [0.2, 0.25) is 0 Å². The Balaban J connectivity index is 2.67. The van der Waals surface area contributed by atoms with E-state index in [4.69, 9.17) is 0 Å². The summed E-state index contributed by atoms with van der Waals surface area (Å²) in [6, 6.07) is 5.96. The molecule has 0 atom stereocenters. The molecule has 2 rings (SSSR count). The van der Waals surface area contributed by atoms with Crippen LogP contribution in [0.1, 0.15) is 12.5 Å². The van der Waals surface area contributed by atoms with E-state index in [1.807, 2.05) is 18.3 Å². The Morgan fingerprint density at radius 1 is 1.25 bits per heavy atom. The van der Waals surface area contributed by atoms with Gasteiger partial charge < -0.3 is 0 Å². The van der Waals surface area contributed by atoms with Crippen molar-refractivity contribution >= 4 is 11.0 Å². The van der Waals surface area contributed by atoms with Gasteiger partial charge in [0.15, 0.2) is 0 Å². The fourth-order valence-electron chi connectivity index (χ4n) is 1.19. The van der Waals surface area contributed by atoms with Gasteiger partial charge in [0.25, 0.3) is 0 Å². The van der Waals surface area contributed by atoms with Crippen LogP contribution < -0.4 is 0 Å². The zero-order valence-corrected chi connectivity index (χ0v) is 6.99. The molecule has 0 unspecified atom stereocenters. The molecule has 0 spiro atoms. The molecular weight excluding hydrogens is 148 g/mol. The lowest BCUT2D eigenvalue weighted by Crippen LogP contribution is -1.86. The monoisotopic (exact) mass is 158 g/mol. The zero-order chi connectivity index (χ0) is 8.39. The third-order valence-electron chi connectivity index (χ3n) is 1.92. The van der Waals surface area contributed by atoms with Crippen molar-refractivity contribution in [2.24, 2.45) is 0 Å². The number of fused-ring (bicyclic) bond motifs is 1. The topological polar surface area (TPSA) is 25.8 Å². The number of hydrogen-bond acceptors (Lipinski definition) is 2. The van der Waals surface area contributed by atoms with Gasteiger partial charge in [0.05, 0.1) is 11.0 Å². The van der Waals surface area contributed by atoms with Gasteiger partial charge in [-0.05, 0) is 30.2 Å². The van der Waals surface area contributed by atoms with E-state index in [9.17, 15) is 0 Å². The molecule has 0 N–H and O–H groups in total. The van der Waals surface area contributed by atoms with Gasteiger partial charge in [-0.1, -0.05) is 6.92 Å². The summed E-state index contributed by atoms with van der Waals surface area (Å²) in [5, 5.41) is 0. The predicted molar refractivity (Wildman–Crippen MR) is 48.9 cm³/mol. The molecule has 60 valence electrons. The first kappa shape index (κ1) is 7.22. The number of nitrogens with zero attached hydrogens (tertiary/aromatic N) is 2.